The van der Waals surface area contributed by atoms with Crippen molar-refractivity contribution in [3.05, 3.63) is 64.4 Å². The normalized spacial score (nSPS) is 15.4. The summed E-state index contributed by atoms with van der Waals surface area (Å²) < 4.78 is 11.7. The molecule has 0 bridgehead atoms. The number of amides is 2. The smallest absolute Gasteiger partial charge is 0.281 e. The third kappa shape index (κ3) is 5.52. The van der Waals surface area contributed by atoms with Gasteiger partial charge in [0.1, 0.15) is 5.75 Å². The number of ether oxygens (including phenoxy) is 2. The number of thioether (sulfide) groups is 1. The Hall–Kier alpha value is -3.37. The summed E-state index contributed by atoms with van der Waals surface area (Å²) >= 11 is 1.07. The molecule has 10 heteroatoms. The predicted molar refractivity (Wildman–Crippen MR) is 125 cm³/mol. The van der Waals surface area contributed by atoms with Crippen molar-refractivity contribution in [2.45, 2.75) is 24.1 Å². The lowest BCUT2D eigenvalue weighted by Gasteiger charge is -2.14. The summed E-state index contributed by atoms with van der Waals surface area (Å²) in [5, 5.41) is 3.42. The van der Waals surface area contributed by atoms with Crippen LogP contribution in [-0.4, -0.2) is 53.6 Å². The number of nitrogens with one attached hydrogen (secondary N) is 2. The van der Waals surface area contributed by atoms with Gasteiger partial charge in [-0.15, -0.1) is 0 Å². The lowest BCUT2D eigenvalue weighted by Crippen LogP contribution is -2.36. The van der Waals surface area contributed by atoms with Gasteiger partial charge < -0.3 is 14.8 Å². The number of nitrogens with zero attached hydrogens (tertiary/aromatic N) is 2. The van der Waals surface area contributed by atoms with E-state index < -0.39 is 11.5 Å². The second kappa shape index (κ2) is 10.5. The maximum Gasteiger partial charge on any atom is 0.281 e. The van der Waals surface area contributed by atoms with E-state index in [1.807, 2.05) is 0 Å². The third-order valence-electron chi connectivity index (χ3n) is 5.19. The Balaban J connectivity index is 1.53. The van der Waals surface area contributed by atoms with Crippen LogP contribution in [0.4, 0.5) is 0 Å². The van der Waals surface area contributed by atoms with Crippen molar-refractivity contribution in [2.75, 3.05) is 31.4 Å². The molecule has 0 saturated carbocycles. The molecule has 1 aliphatic rings. The molecule has 172 valence electrons. The second-order valence-electron chi connectivity index (χ2n) is 7.45. The molecule has 1 aromatic heterocycles. The standard InChI is InChI=1S/C23H24N4O5S/c1-31-16-10-8-15(9-11-16)21(29)26-27-22(30)18-6-2-3-7-19(18)25-23(27)33-14-20(28)24-13-17-5-4-12-32-17/h2-3,6-11,17H,4-5,12-14H2,1H3,(H,24,28)(H,26,29)/t17-/m0/s1. The van der Waals surface area contributed by atoms with Gasteiger partial charge in [0.05, 0.1) is 29.9 Å². The van der Waals surface area contributed by atoms with Crippen LogP contribution in [0.5, 0.6) is 5.75 Å². The average Bonchev–Trinajstić information content (AvgIpc) is 3.37. The van der Waals surface area contributed by atoms with Gasteiger partial charge in [0.2, 0.25) is 5.91 Å². The molecule has 2 amide bonds. The zero-order valence-electron chi connectivity index (χ0n) is 18.1. The summed E-state index contributed by atoms with van der Waals surface area (Å²) in [5.41, 5.74) is 3.02. The number of rotatable bonds is 8. The lowest BCUT2D eigenvalue weighted by molar-refractivity contribution is -0.119. The van der Waals surface area contributed by atoms with Gasteiger partial charge in [-0.3, -0.25) is 19.8 Å². The van der Waals surface area contributed by atoms with Crippen LogP contribution in [0.3, 0.4) is 0 Å². The van der Waals surface area contributed by atoms with Crippen LogP contribution in [0.1, 0.15) is 23.2 Å². The zero-order chi connectivity index (χ0) is 23.2. The Morgan fingerprint density at radius 2 is 2.00 bits per heavy atom. The predicted octanol–water partition coefficient (Wildman–Crippen LogP) is 2.18. The fourth-order valence-electron chi connectivity index (χ4n) is 3.43. The number of hydrogen-bond donors (Lipinski definition) is 2. The highest BCUT2D eigenvalue weighted by molar-refractivity contribution is 7.99. The van der Waals surface area contributed by atoms with Crippen LogP contribution in [0.15, 0.2) is 58.5 Å². The van der Waals surface area contributed by atoms with Crippen LogP contribution in [0, 0.1) is 0 Å². The van der Waals surface area contributed by atoms with Crippen LogP contribution < -0.4 is 21.0 Å². The van der Waals surface area contributed by atoms with Gasteiger partial charge in [-0.2, -0.15) is 4.68 Å². The van der Waals surface area contributed by atoms with Crippen LogP contribution >= 0.6 is 11.8 Å². The van der Waals surface area contributed by atoms with Crippen molar-refractivity contribution in [3.8, 4) is 5.75 Å². The van der Waals surface area contributed by atoms with Crippen LogP contribution in [0.2, 0.25) is 0 Å². The first kappa shape index (κ1) is 22.8. The highest BCUT2D eigenvalue weighted by Gasteiger charge is 2.18. The van der Waals surface area contributed by atoms with E-state index in [1.54, 1.807) is 48.5 Å². The van der Waals surface area contributed by atoms with E-state index in [0.717, 1.165) is 35.9 Å². The third-order valence-corrected chi connectivity index (χ3v) is 6.13. The number of methoxy groups -OCH3 is 1. The first-order chi connectivity index (χ1) is 16.0. The molecule has 2 N–H and O–H groups in total. The van der Waals surface area contributed by atoms with E-state index in [2.05, 4.69) is 15.7 Å². The Labute approximate surface area is 194 Å². The van der Waals surface area contributed by atoms with Gasteiger partial charge in [-0.1, -0.05) is 23.9 Å². The molecule has 33 heavy (non-hydrogen) atoms. The second-order valence-corrected chi connectivity index (χ2v) is 8.39. The Morgan fingerprint density at radius 1 is 1.21 bits per heavy atom. The molecule has 2 aromatic carbocycles. The highest BCUT2D eigenvalue weighted by atomic mass is 32.2. The zero-order valence-corrected chi connectivity index (χ0v) is 18.9. The fraction of sp³-hybridized carbons (Fsp3) is 0.304. The van der Waals surface area contributed by atoms with Gasteiger partial charge in [-0.05, 0) is 49.2 Å². The first-order valence-electron chi connectivity index (χ1n) is 10.5. The monoisotopic (exact) mass is 468 g/mol. The molecule has 3 aromatic rings. The molecule has 1 atom stereocenters. The summed E-state index contributed by atoms with van der Waals surface area (Å²) in [5.74, 6) is -0.0376. The van der Waals surface area contributed by atoms with Crippen molar-refractivity contribution in [3.63, 3.8) is 0 Å². The summed E-state index contributed by atoms with van der Waals surface area (Å²) in [4.78, 5) is 42.8. The molecular weight excluding hydrogens is 444 g/mol. The largest absolute Gasteiger partial charge is 0.497 e. The van der Waals surface area contributed by atoms with Crippen molar-refractivity contribution in [2.24, 2.45) is 0 Å². The van der Waals surface area contributed by atoms with E-state index in [-0.39, 0.29) is 22.9 Å². The maximum atomic E-state index is 13.1. The van der Waals surface area contributed by atoms with E-state index in [9.17, 15) is 14.4 Å². The molecular formula is C23H24N4O5S. The average molecular weight is 469 g/mol. The summed E-state index contributed by atoms with van der Waals surface area (Å²) in [6, 6.07) is 13.4. The minimum Gasteiger partial charge on any atom is -0.497 e. The Morgan fingerprint density at radius 3 is 2.73 bits per heavy atom. The minimum atomic E-state index is -0.485. The highest BCUT2D eigenvalue weighted by Crippen LogP contribution is 2.18. The molecule has 1 aliphatic heterocycles. The molecule has 4 rings (SSSR count). The number of carbonyl (C=O) groups is 2. The number of fused-ring (bicyclic) bond motifs is 1. The molecule has 2 heterocycles. The molecule has 0 spiro atoms. The van der Waals surface area contributed by atoms with Gasteiger partial charge in [0, 0.05) is 18.7 Å². The quantitative estimate of drug-likeness (QED) is 0.385. The summed E-state index contributed by atoms with van der Waals surface area (Å²) in [6.07, 6.45) is 1.97. The van der Waals surface area contributed by atoms with Crippen LogP contribution in [0.25, 0.3) is 10.9 Å². The molecule has 1 saturated heterocycles. The van der Waals surface area contributed by atoms with E-state index in [1.165, 1.54) is 7.11 Å². The number of carbonyl (C=O) groups excluding carboxylic acids is 2. The molecule has 0 radical (unpaired) electrons. The Bertz CT molecular complexity index is 1210. The summed E-state index contributed by atoms with van der Waals surface area (Å²) in [6.45, 7) is 1.17. The van der Waals surface area contributed by atoms with Crippen molar-refractivity contribution < 1.29 is 19.1 Å². The molecule has 0 aliphatic carbocycles. The summed E-state index contributed by atoms with van der Waals surface area (Å²) in [7, 11) is 1.54. The van der Waals surface area contributed by atoms with Crippen molar-refractivity contribution in [1.29, 1.82) is 0 Å². The first-order valence-corrected chi connectivity index (χ1v) is 11.5. The van der Waals surface area contributed by atoms with E-state index >= 15 is 0 Å². The fourth-order valence-corrected chi connectivity index (χ4v) is 4.21. The van der Waals surface area contributed by atoms with Gasteiger partial charge in [0.25, 0.3) is 11.5 Å². The van der Waals surface area contributed by atoms with Crippen molar-refractivity contribution in [1.82, 2.24) is 15.0 Å². The minimum absolute atomic E-state index is 0.0376. The van der Waals surface area contributed by atoms with Crippen LogP contribution in [-0.2, 0) is 9.53 Å². The lowest BCUT2D eigenvalue weighted by atomic mass is 10.2. The van der Waals surface area contributed by atoms with E-state index in [0.29, 0.717) is 28.8 Å². The number of aromatic nitrogens is 2. The number of benzene rings is 2. The number of hydrogen-bond acceptors (Lipinski definition) is 7. The topological polar surface area (TPSA) is 112 Å². The van der Waals surface area contributed by atoms with E-state index in [4.69, 9.17) is 9.47 Å². The Kier molecular flexibility index (Phi) is 7.26. The molecule has 1 fully saturated rings. The SMILES string of the molecule is COc1ccc(C(=O)Nn2c(SCC(=O)NC[C@@H]3CCCO3)nc3ccccc3c2=O)cc1. The number of para-hydroxylation sites is 1. The molecule has 0 unspecified atom stereocenters. The molecule has 9 nitrogen and oxygen atoms in total. The van der Waals surface area contributed by atoms with Gasteiger partial charge in [0.15, 0.2) is 5.16 Å². The maximum absolute atomic E-state index is 13.1. The van der Waals surface area contributed by atoms with Gasteiger partial charge in [-0.25, -0.2) is 4.98 Å². The van der Waals surface area contributed by atoms with Gasteiger partial charge >= 0.3 is 0 Å². The van der Waals surface area contributed by atoms with Crippen molar-refractivity contribution >= 4 is 34.5 Å².